The molecule has 3 rings (SSSR count). The molecule has 0 aliphatic rings. The van der Waals surface area contributed by atoms with Crippen LogP contribution in [0.25, 0.3) is 11.4 Å². The number of aryl methyl sites for hydroxylation is 2. The highest BCUT2D eigenvalue weighted by atomic mass is 16.5. The molecule has 1 amide bonds. The van der Waals surface area contributed by atoms with E-state index in [0.717, 1.165) is 22.3 Å². The molecule has 0 unspecified atom stereocenters. The zero-order chi connectivity index (χ0) is 19.4. The van der Waals surface area contributed by atoms with Crippen molar-refractivity contribution in [2.75, 3.05) is 19.5 Å². The van der Waals surface area contributed by atoms with Crippen LogP contribution in [-0.2, 0) is 11.2 Å². The summed E-state index contributed by atoms with van der Waals surface area (Å²) in [6.45, 7) is 3.99. The zero-order valence-electron chi connectivity index (χ0n) is 15.8. The number of amides is 1. The molecule has 0 bridgehead atoms. The highest BCUT2D eigenvalue weighted by Crippen LogP contribution is 2.31. The molecule has 2 N–H and O–H groups in total. The molecule has 0 aliphatic carbocycles. The molecular formula is C20H22N4O3. The number of rotatable bonds is 6. The molecule has 0 saturated heterocycles. The topological polar surface area (TPSA) is 89.1 Å². The Hall–Kier alpha value is -3.35. The van der Waals surface area contributed by atoms with Crippen LogP contribution >= 0.6 is 0 Å². The molecule has 2 aromatic carbocycles. The summed E-state index contributed by atoms with van der Waals surface area (Å²) in [6.07, 6.45) is 0.267. The van der Waals surface area contributed by atoms with Crippen molar-refractivity contribution in [2.45, 2.75) is 20.3 Å². The minimum absolute atomic E-state index is 0.170. The van der Waals surface area contributed by atoms with E-state index >= 15 is 0 Å². The average molecular weight is 366 g/mol. The van der Waals surface area contributed by atoms with Crippen LogP contribution in [0.2, 0.25) is 0 Å². The number of methoxy groups -OCH3 is 2. The number of nitrogens with zero attached hydrogens (tertiary/aromatic N) is 2. The van der Waals surface area contributed by atoms with Crippen molar-refractivity contribution in [2.24, 2.45) is 0 Å². The van der Waals surface area contributed by atoms with E-state index in [-0.39, 0.29) is 18.3 Å². The number of carbonyl (C=O) groups excluding carboxylic acids is 1. The van der Waals surface area contributed by atoms with E-state index in [1.807, 2.05) is 38.1 Å². The van der Waals surface area contributed by atoms with Crippen LogP contribution in [0.5, 0.6) is 11.5 Å². The fourth-order valence-corrected chi connectivity index (χ4v) is 2.76. The van der Waals surface area contributed by atoms with Gasteiger partial charge in [-0.3, -0.25) is 15.2 Å². The first-order chi connectivity index (χ1) is 13.0. The SMILES string of the molecule is COc1ccc(-c2nc(NC(=O)Cc3cc(C)ccc3C)n[nH]2)c(OC)c1. The van der Waals surface area contributed by atoms with E-state index in [0.29, 0.717) is 17.3 Å². The Kier molecular flexibility index (Phi) is 5.40. The largest absolute Gasteiger partial charge is 0.497 e. The van der Waals surface area contributed by atoms with Gasteiger partial charge in [0.1, 0.15) is 11.5 Å². The van der Waals surface area contributed by atoms with Crippen molar-refractivity contribution in [3.63, 3.8) is 0 Å². The highest BCUT2D eigenvalue weighted by Gasteiger charge is 2.14. The third-order valence-corrected chi connectivity index (χ3v) is 4.26. The van der Waals surface area contributed by atoms with Crippen LogP contribution in [0.4, 0.5) is 5.95 Å². The quantitative estimate of drug-likeness (QED) is 0.699. The van der Waals surface area contributed by atoms with E-state index < -0.39 is 0 Å². The summed E-state index contributed by atoms with van der Waals surface area (Å²) in [7, 11) is 3.16. The molecule has 1 heterocycles. The molecule has 140 valence electrons. The fourth-order valence-electron chi connectivity index (χ4n) is 2.76. The Bertz CT molecular complexity index is 966. The Morgan fingerprint density at radius 3 is 2.67 bits per heavy atom. The van der Waals surface area contributed by atoms with Gasteiger partial charge in [0, 0.05) is 6.07 Å². The molecular weight excluding hydrogens is 344 g/mol. The van der Waals surface area contributed by atoms with Gasteiger partial charge in [-0.2, -0.15) is 4.98 Å². The number of aromatic amines is 1. The normalized spacial score (nSPS) is 10.5. The number of anilines is 1. The van der Waals surface area contributed by atoms with Gasteiger partial charge in [-0.05, 0) is 37.1 Å². The Morgan fingerprint density at radius 2 is 1.93 bits per heavy atom. The smallest absolute Gasteiger partial charge is 0.249 e. The molecule has 0 radical (unpaired) electrons. The lowest BCUT2D eigenvalue weighted by molar-refractivity contribution is -0.115. The van der Waals surface area contributed by atoms with Crippen molar-refractivity contribution in [1.29, 1.82) is 0 Å². The molecule has 3 aromatic rings. The van der Waals surface area contributed by atoms with Gasteiger partial charge in [-0.15, -0.1) is 5.10 Å². The van der Waals surface area contributed by atoms with Gasteiger partial charge in [-0.25, -0.2) is 0 Å². The van der Waals surface area contributed by atoms with Gasteiger partial charge < -0.3 is 9.47 Å². The number of hydrogen-bond acceptors (Lipinski definition) is 5. The highest BCUT2D eigenvalue weighted by molar-refractivity contribution is 5.91. The van der Waals surface area contributed by atoms with Gasteiger partial charge in [0.2, 0.25) is 11.9 Å². The van der Waals surface area contributed by atoms with Crippen LogP contribution in [0.3, 0.4) is 0 Å². The van der Waals surface area contributed by atoms with Gasteiger partial charge >= 0.3 is 0 Å². The Balaban J connectivity index is 1.74. The van der Waals surface area contributed by atoms with E-state index in [1.54, 1.807) is 26.4 Å². The van der Waals surface area contributed by atoms with Crippen molar-refractivity contribution < 1.29 is 14.3 Å². The zero-order valence-corrected chi connectivity index (χ0v) is 15.8. The van der Waals surface area contributed by atoms with Gasteiger partial charge in [0.15, 0.2) is 5.82 Å². The maximum Gasteiger partial charge on any atom is 0.249 e. The Labute approximate surface area is 157 Å². The molecule has 0 atom stereocenters. The first-order valence-corrected chi connectivity index (χ1v) is 8.51. The molecule has 7 heteroatoms. The number of benzene rings is 2. The standard InChI is InChI=1S/C20H22N4O3/c1-12-5-6-13(2)14(9-12)10-18(25)21-20-22-19(23-24-20)16-8-7-15(26-3)11-17(16)27-4/h5-9,11H,10H2,1-4H3,(H2,21,22,23,24,25). The predicted octanol–water partition coefficient (Wildman–Crippen LogP) is 3.29. The summed E-state index contributed by atoms with van der Waals surface area (Å²) in [5.74, 6) is 1.82. The number of nitrogens with one attached hydrogen (secondary N) is 2. The average Bonchev–Trinajstić information content (AvgIpc) is 3.12. The molecule has 0 spiro atoms. The van der Waals surface area contributed by atoms with Gasteiger partial charge in [0.05, 0.1) is 26.2 Å². The molecule has 1 aromatic heterocycles. The summed E-state index contributed by atoms with van der Waals surface area (Å²) in [6, 6.07) is 11.4. The fraction of sp³-hybridized carbons (Fsp3) is 0.250. The van der Waals surface area contributed by atoms with E-state index in [1.165, 1.54) is 0 Å². The molecule has 7 nitrogen and oxygen atoms in total. The molecule has 0 saturated carbocycles. The Morgan fingerprint density at radius 1 is 1.11 bits per heavy atom. The number of carbonyl (C=O) groups is 1. The predicted molar refractivity (Wildman–Crippen MR) is 103 cm³/mol. The molecule has 0 fully saturated rings. The first-order valence-electron chi connectivity index (χ1n) is 8.51. The van der Waals surface area contributed by atoms with Crippen LogP contribution in [0, 0.1) is 13.8 Å². The lowest BCUT2D eigenvalue weighted by Crippen LogP contribution is -2.16. The second kappa shape index (κ2) is 7.90. The van der Waals surface area contributed by atoms with Crippen LogP contribution in [-0.4, -0.2) is 35.3 Å². The van der Waals surface area contributed by atoms with Crippen molar-refractivity contribution in [1.82, 2.24) is 15.2 Å². The maximum absolute atomic E-state index is 12.4. The molecule has 0 aliphatic heterocycles. The lowest BCUT2D eigenvalue weighted by atomic mass is 10.0. The second-order valence-corrected chi connectivity index (χ2v) is 6.23. The van der Waals surface area contributed by atoms with Crippen LogP contribution in [0.1, 0.15) is 16.7 Å². The third kappa shape index (κ3) is 4.25. The third-order valence-electron chi connectivity index (χ3n) is 4.26. The van der Waals surface area contributed by atoms with E-state index in [4.69, 9.17) is 9.47 Å². The number of ether oxygens (including phenoxy) is 2. The second-order valence-electron chi connectivity index (χ2n) is 6.23. The summed E-state index contributed by atoms with van der Waals surface area (Å²) in [5, 5.41) is 9.63. The summed E-state index contributed by atoms with van der Waals surface area (Å²) >= 11 is 0. The van der Waals surface area contributed by atoms with Crippen LogP contribution in [0.15, 0.2) is 36.4 Å². The van der Waals surface area contributed by atoms with Gasteiger partial charge in [-0.1, -0.05) is 23.8 Å². The van der Waals surface area contributed by atoms with E-state index in [9.17, 15) is 4.79 Å². The number of hydrogen-bond donors (Lipinski definition) is 2. The minimum Gasteiger partial charge on any atom is -0.497 e. The van der Waals surface area contributed by atoms with Crippen LogP contribution < -0.4 is 14.8 Å². The lowest BCUT2D eigenvalue weighted by Gasteiger charge is -2.08. The molecule has 27 heavy (non-hydrogen) atoms. The first kappa shape index (κ1) is 18.4. The van der Waals surface area contributed by atoms with Gasteiger partial charge in [0.25, 0.3) is 0 Å². The summed E-state index contributed by atoms with van der Waals surface area (Å²) < 4.78 is 10.6. The number of H-pyrrole nitrogens is 1. The van der Waals surface area contributed by atoms with E-state index in [2.05, 4.69) is 20.5 Å². The van der Waals surface area contributed by atoms with Crippen molar-refractivity contribution in [3.8, 4) is 22.9 Å². The maximum atomic E-state index is 12.4. The monoisotopic (exact) mass is 366 g/mol. The van der Waals surface area contributed by atoms with Crippen molar-refractivity contribution in [3.05, 3.63) is 53.1 Å². The number of aromatic nitrogens is 3. The minimum atomic E-state index is -0.170. The summed E-state index contributed by atoms with van der Waals surface area (Å²) in [5.41, 5.74) is 3.91. The van der Waals surface area contributed by atoms with Crippen molar-refractivity contribution >= 4 is 11.9 Å². The summed E-state index contributed by atoms with van der Waals surface area (Å²) in [4.78, 5) is 16.7.